The van der Waals surface area contributed by atoms with E-state index < -0.39 is 0 Å². The zero-order chi connectivity index (χ0) is 24.8. The molecule has 2 aliphatic rings. The summed E-state index contributed by atoms with van der Waals surface area (Å²) in [6, 6.07) is 12.6. The fourth-order valence-corrected chi connectivity index (χ4v) is 4.59. The molecule has 1 saturated heterocycles. The minimum absolute atomic E-state index is 0.0262. The van der Waals surface area contributed by atoms with Crippen molar-refractivity contribution in [2.24, 2.45) is 10.7 Å². The predicted octanol–water partition coefficient (Wildman–Crippen LogP) is 3.61. The van der Waals surface area contributed by atoms with Crippen LogP contribution >= 0.6 is 0 Å². The maximum Gasteiger partial charge on any atom is 0.236 e. The van der Waals surface area contributed by atoms with Crippen molar-refractivity contribution in [2.45, 2.75) is 33.2 Å². The Morgan fingerprint density at radius 3 is 2.57 bits per heavy atom. The highest BCUT2D eigenvalue weighted by atomic mass is 16.2. The first-order chi connectivity index (χ1) is 17.0. The fourth-order valence-electron chi connectivity index (χ4n) is 4.59. The Morgan fingerprint density at radius 2 is 1.89 bits per heavy atom. The SMILES string of the molecule is CCC1=C(N2CCN(c3ccc(C)nc3)CC2)N=CC(c2cccc(CN(C)C(=O)CN)c2)=CC1. The van der Waals surface area contributed by atoms with E-state index in [0.717, 1.165) is 67.2 Å². The minimum atomic E-state index is -0.0641. The second-order valence-electron chi connectivity index (χ2n) is 9.19. The molecular weight excluding hydrogens is 436 g/mol. The van der Waals surface area contributed by atoms with Gasteiger partial charge >= 0.3 is 0 Å². The summed E-state index contributed by atoms with van der Waals surface area (Å²) in [5.74, 6) is 1.05. The molecule has 0 radical (unpaired) electrons. The van der Waals surface area contributed by atoms with Crippen LogP contribution in [-0.4, -0.2) is 66.7 Å². The van der Waals surface area contributed by atoms with Gasteiger partial charge in [-0.1, -0.05) is 31.2 Å². The van der Waals surface area contributed by atoms with Gasteiger partial charge in [0.15, 0.2) is 0 Å². The molecule has 35 heavy (non-hydrogen) atoms. The number of amides is 1. The van der Waals surface area contributed by atoms with Crippen molar-refractivity contribution < 1.29 is 4.79 Å². The number of pyridine rings is 1. The zero-order valence-corrected chi connectivity index (χ0v) is 21.1. The van der Waals surface area contributed by atoms with E-state index in [-0.39, 0.29) is 12.5 Å². The van der Waals surface area contributed by atoms with Gasteiger partial charge in [0.25, 0.3) is 0 Å². The van der Waals surface area contributed by atoms with E-state index in [1.807, 2.05) is 31.5 Å². The summed E-state index contributed by atoms with van der Waals surface area (Å²) in [7, 11) is 1.78. The largest absolute Gasteiger partial charge is 0.367 e. The van der Waals surface area contributed by atoms with E-state index in [0.29, 0.717) is 6.54 Å². The molecule has 0 unspecified atom stereocenters. The van der Waals surface area contributed by atoms with E-state index in [4.69, 9.17) is 10.7 Å². The van der Waals surface area contributed by atoms with Crippen molar-refractivity contribution in [1.82, 2.24) is 14.8 Å². The third-order valence-corrected chi connectivity index (χ3v) is 6.76. The lowest BCUT2D eigenvalue weighted by atomic mass is 10.0. The quantitative estimate of drug-likeness (QED) is 0.666. The Hall–Kier alpha value is -3.45. The standard InChI is InChI=1S/C28H36N6O/c1-4-23-9-10-25(24-7-5-6-22(16-24)20-32(3)27(35)17-29)18-31-28(23)34-14-12-33(13-15-34)26-11-8-21(2)30-19-26/h5-8,10-11,16,18-19H,4,9,12-15,17,20,29H2,1-3H3. The molecule has 3 heterocycles. The number of aliphatic imine (C=N–C) groups is 1. The Bertz CT molecular complexity index is 1130. The number of rotatable bonds is 7. The van der Waals surface area contributed by atoms with Crippen molar-refractivity contribution in [3.8, 4) is 0 Å². The lowest BCUT2D eigenvalue weighted by molar-refractivity contribution is -0.128. The summed E-state index contributed by atoms with van der Waals surface area (Å²) < 4.78 is 0. The molecule has 0 saturated carbocycles. The molecule has 1 amide bonds. The van der Waals surface area contributed by atoms with Crippen LogP contribution < -0.4 is 10.6 Å². The first kappa shape index (κ1) is 24.7. The van der Waals surface area contributed by atoms with Crippen LogP contribution in [0.15, 0.2) is 65.1 Å². The first-order valence-electron chi connectivity index (χ1n) is 12.4. The molecule has 2 aliphatic heterocycles. The number of benzene rings is 1. The highest BCUT2D eigenvalue weighted by Gasteiger charge is 2.22. The smallest absolute Gasteiger partial charge is 0.236 e. The molecule has 1 aromatic heterocycles. The van der Waals surface area contributed by atoms with Crippen molar-refractivity contribution in [1.29, 1.82) is 0 Å². The molecule has 2 N–H and O–H groups in total. The van der Waals surface area contributed by atoms with Crippen LogP contribution in [0.2, 0.25) is 0 Å². The molecule has 7 nitrogen and oxygen atoms in total. The number of nitrogens with two attached hydrogens (primary N) is 1. The molecule has 2 aromatic rings. The van der Waals surface area contributed by atoms with Crippen LogP contribution in [0, 0.1) is 6.92 Å². The number of aromatic nitrogens is 1. The highest BCUT2D eigenvalue weighted by molar-refractivity contribution is 6.10. The van der Waals surface area contributed by atoms with Crippen LogP contribution in [0.5, 0.6) is 0 Å². The Labute approximate surface area is 208 Å². The molecule has 7 heteroatoms. The van der Waals surface area contributed by atoms with Crippen LogP contribution in [0.25, 0.3) is 5.57 Å². The maximum atomic E-state index is 11.9. The minimum Gasteiger partial charge on any atom is -0.367 e. The summed E-state index contributed by atoms with van der Waals surface area (Å²) in [5, 5.41) is 0. The van der Waals surface area contributed by atoms with Crippen molar-refractivity contribution in [3.05, 3.63) is 76.9 Å². The predicted molar refractivity (Wildman–Crippen MR) is 143 cm³/mol. The molecule has 1 aromatic carbocycles. The Balaban J connectivity index is 1.45. The molecule has 184 valence electrons. The summed E-state index contributed by atoms with van der Waals surface area (Å²) in [6.45, 7) is 8.59. The topological polar surface area (TPSA) is 78.1 Å². The van der Waals surface area contributed by atoms with Gasteiger partial charge in [-0.15, -0.1) is 0 Å². The molecule has 0 spiro atoms. The fraction of sp³-hybridized carbons (Fsp3) is 0.393. The average molecular weight is 473 g/mol. The number of aryl methyl sites for hydroxylation is 1. The van der Waals surface area contributed by atoms with Crippen LogP contribution in [0.3, 0.4) is 0 Å². The second-order valence-corrected chi connectivity index (χ2v) is 9.19. The number of hydrogen-bond acceptors (Lipinski definition) is 6. The van der Waals surface area contributed by atoms with Crippen molar-refractivity contribution in [2.75, 3.05) is 44.7 Å². The number of likely N-dealkylation sites (N-methyl/N-ethyl adjacent to an activating group) is 1. The average Bonchev–Trinajstić information content (AvgIpc) is 3.11. The number of carbonyl (C=O) groups excluding carboxylic acids is 1. The third-order valence-electron chi connectivity index (χ3n) is 6.76. The van der Waals surface area contributed by atoms with Gasteiger partial charge in [-0.05, 0) is 60.2 Å². The van der Waals surface area contributed by atoms with E-state index in [1.54, 1.807) is 11.9 Å². The van der Waals surface area contributed by atoms with E-state index in [2.05, 4.69) is 52.0 Å². The Kier molecular flexibility index (Phi) is 7.98. The van der Waals surface area contributed by atoms with Gasteiger partial charge in [-0.25, -0.2) is 4.99 Å². The summed E-state index contributed by atoms with van der Waals surface area (Å²) >= 11 is 0. The Morgan fingerprint density at radius 1 is 1.11 bits per heavy atom. The number of hydrogen-bond donors (Lipinski definition) is 1. The zero-order valence-electron chi connectivity index (χ0n) is 21.1. The molecule has 0 atom stereocenters. The monoisotopic (exact) mass is 472 g/mol. The number of nitrogens with zero attached hydrogens (tertiary/aromatic N) is 5. The van der Waals surface area contributed by atoms with Crippen LogP contribution in [0.1, 0.15) is 36.6 Å². The van der Waals surface area contributed by atoms with Gasteiger partial charge in [0.1, 0.15) is 5.82 Å². The maximum absolute atomic E-state index is 11.9. The van der Waals surface area contributed by atoms with Crippen LogP contribution in [0.4, 0.5) is 5.69 Å². The molecule has 1 fully saturated rings. The van der Waals surface area contributed by atoms with E-state index in [1.165, 1.54) is 11.3 Å². The number of carbonyl (C=O) groups is 1. The number of allylic oxidation sites excluding steroid dienone is 3. The number of anilines is 1. The molecule has 4 rings (SSSR count). The van der Waals surface area contributed by atoms with Crippen molar-refractivity contribution >= 4 is 23.4 Å². The second kappa shape index (κ2) is 11.3. The normalized spacial score (nSPS) is 16.3. The third kappa shape index (κ3) is 5.98. The van der Waals surface area contributed by atoms with Gasteiger partial charge in [0.2, 0.25) is 5.91 Å². The lowest BCUT2D eigenvalue weighted by Crippen LogP contribution is -2.46. The van der Waals surface area contributed by atoms with Gasteiger partial charge in [-0.2, -0.15) is 0 Å². The molecule has 0 bridgehead atoms. The van der Waals surface area contributed by atoms with Gasteiger partial charge in [-0.3, -0.25) is 9.78 Å². The molecule has 0 aliphatic carbocycles. The van der Waals surface area contributed by atoms with Crippen LogP contribution in [-0.2, 0) is 11.3 Å². The van der Waals surface area contributed by atoms with Gasteiger partial charge in [0, 0.05) is 51.7 Å². The summed E-state index contributed by atoms with van der Waals surface area (Å²) in [5.41, 5.74) is 12.4. The van der Waals surface area contributed by atoms with E-state index >= 15 is 0 Å². The lowest BCUT2D eigenvalue weighted by Gasteiger charge is -2.37. The van der Waals surface area contributed by atoms with Gasteiger partial charge < -0.3 is 20.4 Å². The first-order valence-corrected chi connectivity index (χ1v) is 12.4. The summed E-state index contributed by atoms with van der Waals surface area (Å²) in [6.07, 6.45) is 8.11. The highest BCUT2D eigenvalue weighted by Crippen LogP contribution is 2.27. The summed E-state index contributed by atoms with van der Waals surface area (Å²) in [4.78, 5) is 27.8. The van der Waals surface area contributed by atoms with Crippen molar-refractivity contribution in [3.63, 3.8) is 0 Å². The van der Waals surface area contributed by atoms with Gasteiger partial charge in [0.05, 0.1) is 18.4 Å². The van der Waals surface area contributed by atoms with E-state index in [9.17, 15) is 4.79 Å². The molecular formula is C28H36N6O. The number of piperazine rings is 1.